The van der Waals surface area contributed by atoms with Crippen molar-refractivity contribution in [3.63, 3.8) is 0 Å². The fraction of sp³-hybridized carbons (Fsp3) is 0.162. The molecular weight excluding hydrogens is 519 g/mol. The topological polar surface area (TPSA) is 48.7 Å². The van der Waals surface area contributed by atoms with Gasteiger partial charge in [-0.3, -0.25) is 4.79 Å². The lowest BCUT2D eigenvalue weighted by Gasteiger charge is -2.32. The summed E-state index contributed by atoms with van der Waals surface area (Å²) in [6.07, 6.45) is 0. The van der Waals surface area contributed by atoms with Crippen LogP contribution in [0.2, 0.25) is 0 Å². The molecule has 6 aromatic rings. The SMILES string of the molecule is CC1(C)OB(c2cccc(-c3cc(-c4ccccc4)cc(-c4ccc5oc6ccccc6c(=O)c5c4)c3)c2)OC1(C)C. The fourth-order valence-electron chi connectivity index (χ4n) is 5.58. The molecule has 0 unspecified atom stereocenters. The number of hydrogen-bond donors (Lipinski definition) is 0. The predicted molar refractivity (Wildman–Crippen MR) is 172 cm³/mol. The predicted octanol–water partition coefficient (Wildman–Crippen LogP) is 8.25. The van der Waals surface area contributed by atoms with Gasteiger partial charge in [-0.05, 0) is 109 Å². The summed E-state index contributed by atoms with van der Waals surface area (Å²) in [7, 11) is -0.443. The second-order valence-electron chi connectivity index (χ2n) is 12.0. The fourth-order valence-corrected chi connectivity index (χ4v) is 5.58. The summed E-state index contributed by atoms with van der Waals surface area (Å²) in [5, 5.41) is 1.15. The quantitative estimate of drug-likeness (QED) is 0.164. The smallest absolute Gasteiger partial charge is 0.456 e. The van der Waals surface area contributed by atoms with E-state index in [0.717, 1.165) is 38.8 Å². The van der Waals surface area contributed by atoms with E-state index in [9.17, 15) is 4.79 Å². The first-order valence-corrected chi connectivity index (χ1v) is 14.3. The molecule has 7 rings (SSSR count). The maximum Gasteiger partial charge on any atom is 0.494 e. The molecule has 1 saturated heterocycles. The molecule has 1 aliphatic rings. The molecule has 1 aromatic heterocycles. The van der Waals surface area contributed by atoms with E-state index in [1.54, 1.807) is 0 Å². The van der Waals surface area contributed by atoms with E-state index >= 15 is 0 Å². The van der Waals surface area contributed by atoms with Gasteiger partial charge in [-0.25, -0.2) is 0 Å². The van der Waals surface area contributed by atoms with Crippen LogP contribution in [0.1, 0.15) is 27.7 Å². The van der Waals surface area contributed by atoms with Crippen molar-refractivity contribution in [1.82, 2.24) is 0 Å². The van der Waals surface area contributed by atoms with Gasteiger partial charge in [0.15, 0.2) is 0 Å². The minimum Gasteiger partial charge on any atom is -0.456 e. The standard InChI is InChI=1S/C37H31BO4/c1-36(2)37(3,4)42-38(41-36)30-14-10-13-25(22-30)28-19-27(24-11-6-5-7-12-24)20-29(21-28)26-17-18-34-32(23-26)35(39)31-15-8-9-16-33(31)40-34/h5-23H,1-4H3. The Labute approximate surface area is 245 Å². The second-order valence-corrected chi connectivity index (χ2v) is 12.0. The zero-order valence-electron chi connectivity index (χ0n) is 24.2. The molecule has 1 aliphatic heterocycles. The monoisotopic (exact) mass is 550 g/mol. The molecule has 0 aliphatic carbocycles. The van der Waals surface area contributed by atoms with Gasteiger partial charge in [-0.1, -0.05) is 72.8 Å². The highest BCUT2D eigenvalue weighted by atomic mass is 16.7. The Morgan fingerprint density at radius 2 is 1.07 bits per heavy atom. The van der Waals surface area contributed by atoms with Crippen molar-refractivity contribution in [1.29, 1.82) is 0 Å². The summed E-state index contributed by atoms with van der Waals surface area (Å²) in [5.41, 5.74) is 7.61. The van der Waals surface area contributed by atoms with Crippen LogP contribution in [0.25, 0.3) is 55.3 Å². The zero-order valence-corrected chi connectivity index (χ0v) is 24.2. The average molecular weight is 550 g/mol. The van der Waals surface area contributed by atoms with Crippen LogP contribution in [0.5, 0.6) is 0 Å². The lowest BCUT2D eigenvalue weighted by molar-refractivity contribution is 0.00578. The van der Waals surface area contributed by atoms with Gasteiger partial charge in [0.2, 0.25) is 5.43 Å². The van der Waals surface area contributed by atoms with E-state index in [1.807, 2.05) is 60.7 Å². The van der Waals surface area contributed by atoms with Gasteiger partial charge >= 0.3 is 7.12 Å². The van der Waals surface area contributed by atoms with E-state index in [2.05, 4.69) is 82.3 Å². The number of para-hydroxylation sites is 1. The summed E-state index contributed by atoms with van der Waals surface area (Å²) >= 11 is 0. The first-order chi connectivity index (χ1) is 20.2. The van der Waals surface area contributed by atoms with Crippen molar-refractivity contribution < 1.29 is 13.7 Å². The van der Waals surface area contributed by atoms with Gasteiger partial charge in [0.25, 0.3) is 0 Å². The third kappa shape index (κ3) is 4.55. The Kier molecular flexibility index (Phi) is 6.19. The van der Waals surface area contributed by atoms with Crippen LogP contribution in [0.15, 0.2) is 124 Å². The highest BCUT2D eigenvalue weighted by molar-refractivity contribution is 6.62. The van der Waals surface area contributed by atoms with E-state index < -0.39 is 18.3 Å². The molecule has 5 heteroatoms. The molecule has 0 saturated carbocycles. The molecule has 5 aromatic carbocycles. The molecule has 1 fully saturated rings. The Hall–Kier alpha value is -4.45. The molecule has 0 bridgehead atoms. The molecule has 206 valence electrons. The average Bonchev–Trinajstić information content (AvgIpc) is 3.23. The molecule has 2 heterocycles. The molecule has 0 atom stereocenters. The highest BCUT2D eigenvalue weighted by Gasteiger charge is 2.51. The van der Waals surface area contributed by atoms with Crippen LogP contribution in [0.3, 0.4) is 0 Å². The minimum absolute atomic E-state index is 0.0248. The minimum atomic E-state index is -0.443. The summed E-state index contributed by atoms with van der Waals surface area (Å²) in [6, 6.07) is 38.6. The van der Waals surface area contributed by atoms with E-state index in [0.29, 0.717) is 21.9 Å². The van der Waals surface area contributed by atoms with Gasteiger partial charge in [0, 0.05) is 0 Å². The van der Waals surface area contributed by atoms with Crippen LogP contribution < -0.4 is 10.9 Å². The summed E-state index contributed by atoms with van der Waals surface area (Å²) in [5.74, 6) is 0. The Morgan fingerprint density at radius 1 is 0.500 bits per heavy atom. The summed E-state index contributed by atoms with van der Waals surface area (Å²) < 4.78 is 18.8. The van der Waals surface area contributed by atoms with Crippen LogP contribution in [-0.2, 0) is 9.31 Å². The van der Waals surface area contributed by atoms with E-state index in [-0.39, 0.29) is 5.43 Å². The molecule has 0 spiro atoms. The molecule has 0 radical (unpaired) electrons. The lowest BCUT2D eigenvalue weighted by atomic mass is 9.77. The summed E-state index contributed by atoms with van der Waals surface area (Å²) in [6.45, 7) is 8.28. The van der Waals surface area contributed by atoms with Crippen molar-refractivity contribution in [2.24, 2.45) is 0 Å². The number of hydrogen-bond acceptors (Lipinski definition) is 4. The second kappa shape index (κ2) is 9.83. The molecule has 4 nitrogen and oxygen atoms in total. The van der Waals surface area contributed by atoms with Crippen LogP contribution >= 0.6 is 0 Å². The maximum absolute atomic E-state index is 13.4. The third-order valence-corrected chi connectivity index (χ3v) is 8.69. The van der Waals surface area contributed by atoms with E-state index in [1.165, 1.54) is 0 Å². The van der Waals surface area contributed by atoms with Crippen molar-refractivity contribution >= 4 is 34.5 Å². The normalized spacial score (nSPS) is 15.9. The third-order valence-electron chi connectivity index (χ3n) is 8.69. The van der Waals surface area contributed by atoms with Gasteiger partial charge in [-0.15, -0.1) is 0 Å². The number of rotatable bonds is 4. The lowest BCUT2D eigenvalue weighted by Crippen LogP contribution is -2.41. The highest BCUT2D eigenvalue weighted by Crippen LogP contribution is 2.37. The Balaban J connectivity index is 1.37. The Morgan fingerprint density at radius 3 is 1.79 bits per heavy atom. The van der Waals surface area contributed by atoms with Crippen molar-refractivity contribution in [2.75, 3.05) is 0 Å². The molecule has 42 heavy (non-hydrogen) atoms. The van der Waals surface area contributed by atoms with Crippen LogP contribution in [0, 0.1) is 0 Å². The molecular formula is C37H31BO4. The number of benzene rings is 5. The maximum atomic E-state index is 13.4. The first kappa shape index (κ1) is 26.5. The van der Waals surface area contributed by atoms with Crippen molar-refractivity contribution in [2.45, 2.75) is 38.9 Å². The zero-order chi connectivity index (χ0) is 29.1. The van der Waals surface area contributed by atoms with Gasteiger partial charge in [0.05, 0.1) is 22.0 Å². The van der Waals surface area contributed by atoms with E-state index in [4.69, 9.17) is 13.7 Å². The Bertz CT molecular complexity index is 2010. The van der Waals surface area contributed by atoms with Gasteiger partial charge in [-0.2, -0.15) is 0 Å². The molecule has 0 amide bonds. The van der Waals surface area contributed by atoms with Crippen LogP contribution in [0.4, 0.5) is 0 Å². The van der Waals surface area contributed by atoms with Gasteiger partial charge < -0.3 is 13.7 Å². The first-order valence-electron chi connectivity index (χ1n) is 14.3. The van der Waals surface area contributed by atoms with Crippen LogP contribution in [-0.4, -0.2) is 18.3 Å². The van der Waals surface area contributed by atoms with Gasteiger partial charge in [0.1, 0.15) is 11.2 Å². The summed E-state index contributed by atoms with van der Waals surface area (Å²) in [4.78, 5) is 13.4. The number of fused-ring (bicyclic) bond motifs is 2. The van der Waals surface area contributed by atoms with Crippen molar-refractivity contribution in [3.8, 4) is 33.4 Å². The molecule has 0 N–H and O–H groups in total. The largest absolute Gasteiger partial charge is 0.494 e. The van der Waals surface area contributed by atoms with Crippen molar-refractivity contribution in [3.05, 3.63) is 125 Å².